The third-order valence-electron chi connectivity index (χ3n) is 1.26. The molecule has 4 heteroatoms. The first kappa shape index (κ1) is 8.46. The van der Waals surface area contributed by atoms with Gasteiger partial charge in [-0.25, -0.2) is 13.2 Å². The average molecular weight is 178 g/mol. The summed E-state index contributed by atoms with van der Waals surface area (Å²) in [6.07, 6.45) is 0. The molecule has 0 aliphatic carbocycles. The Morgan fingerprint density at radius 2 is 1.55 bits per heavy atom. The fourth-order valence-electron chi connectivity index (χ4n) is 0.723. The normalized spacial score (nSPS) is 10.2. The van der Waals surface area contributed by atoms with Crippen LogP contribution in [0.1, 0.15) is 5.56 Å². The van der Waals surface area contributed by atoms with Gasteiger partial charge in [-0.05, 0) is 0 Å². The number of benzene rings is 1. The number of halogens is 3. The molecule has 0 radical (unpaired) electrons. The molecule has 0 atom stereocenters. The first-order valence-electron chi connectivity index (χ1n) is 2.89. The second kappa shape index (κ2) is 3.17. The zero-order valence-corrected chi connectivity index (χ0v) is 6.34. The molecular weight excluding hydrogens is 173 g/mol. The van der Waals surface area contributed by atoms with Crippen LogP contribution in [0.25, 0.3) is 0 Å². The first-order valence-corrected chi connectivity index (χ1v) is 3.52. The Balaban J connectivity index is 3.25. The van der Waals surface area contributed by atoms with Gasteiger partial charge >= 0.3 is 0 Å². The van der Waals surface area contributed by atoms with Crippen molar-refractivity contribution < 1.29 is 13.2 Å². The van der Waals surface area contributed by atoms with Gasteiger partial charge in [-0.15, -0.1) is 0 Å². The molecular formula is C7H5F3S. The molecule has 0 amide bonds. The monoisotopic (exact) mass is 178 g/mol. The fraction of sp³-hybridized carbons (Fsp3) is 0.143. The maximum atomic E-state index is 12.6. The summed E-state index contributed by atoms with van der Waals surface area (Å²) in [5, 5.41) is 0. The molecule has 0 saturated heterocycles. The molecule has 60 valence electrons. The van der Waals surface area contributed by atoms with E-state index in [9.17, 15) is 13.2 Å². The smallest absolute Gasteiger partial charge is 0.133 e. The molecule has 0 aliphatic heterocycles. The zero-order valence-electron chi connectivity index (χ0n) is 5.44. The summed E-state index contributed by atoms with van der Waals surface area (Å²) in [6.45, 7) is 0. The minimum Gasteiger partial charge on any atom is -0.207 e. The molecule has 1 rings (SSSR count). The van der Waals surface area contributed by atoms with Crippen LogP contribution in [0.15, 0.2) is 12.1 Å². The number of thiol groups is 1. The molecule has 11 heavy (non-hydrogen) atoms. The Bertz CT molecular complexity index is 249. The van der Waals surface area contributed by atoms with Crippen LogP contribution in [0.4, 0.5) is 13.2 Å². The Morgan fingerprint density at radius 3 is 1.91 bits per heavy atom. The van der Waals surface area contributed by atoms with Gasteiger partial charge in [0.2, 0.25) is 0 Å². The van der Waals surface area contributed by atoms with Crippen LogP contribution in [0.3, 0.4) is 0 Å². The van der Waals surface area contributed by atoms with Gasteiger partial charge in [0.15, 0.2) is 0 Å². The number of rotatable bonds is 1. The van der Waals surface area contributed by atoms with E-state index in [1.807, 2.05) is 0 Å². The summed E-state index contributed by atoms with van der Waals surface area (Å²) in [5.74, 6) is -2.77. The highest BCUT2D eigenvalue weighted by molar-refractivity contribution is 7.79. The fourth-order valence-corrected chi connectivity index (χ4v) is 1.03. The highest BCUT2D eigenvalue weighted by Gasteiger charge is 2.08. The van der Waals surface area contributed by atoms with E-state index in [-0.39, 0.29) is 11.3 Å². The van der Waals surface area contributed by atoms with Gasteiger partial charge in [0.05, 0.1) is 0 Å². The molecule has 0 N–H and O–H groups in total. The minimum absolute atomic E-state index is 0.0715. The van der Waals surface area contributed by atoms with Crippen molar-refractivity contribution >= 4 is 12.6 Å². The van der Waals surface area contributed by atoms with E-state index in [2.05, 4.69) is 12.6 Å². The van der Waals surface area contributed by atoms with Crippen molar-refractivity contribution in [2.24, 2.45) is 0 Å². The molecule has 0 aromatic heterocycles. The van der Waals surface area contributed by atoms with E-state index < -0.39 is 17.5 Å². The molecule has 0 bridgehead atoms. The summed E-state index contributed by atoms with van der Waals surface area (Å²) in [4.78, 5) is 0. The van der Waals surface area contributed by atoms with Gasteiger partial charge in [0.1, 0.15) is 17.5 Å². The van der Waals surface area contributed by atoms with Crippen molar-refractivity contribution in [2.75, 3.05) is 0 Å². The summed E-state index contributed by atoms with van der Waals surface area (Å²) in [7, 11) is 0. The van der Waals surface area contributed by atoms with Gasteiger partial charge in [0.25, 0.3) is 0 Å². The lowest BCUT2D eigenvalue weighted by Crippen LogP contribution is -1.93. The third kappa shape index (κ3) is 1.68. The van der Waals surface area contributed by atoms with Crippen LogP contribution in [0.5, 0.6) is 0 Å². The van der Waals surface area contributed by atoms with Crippen LogP contribution in [0, 0.1) is 17.5 Å². The molecule has 0 fully saturated rings. The second-order valence-corrected chi connectivity index (χ2v) is 2.32. The van der Waals surface area contributed by atoms with Crippen LogP contribution >= 0.6 is 12.6 Å². The van der Waals surface area contributed by atoms with Gasteiger partial charge in [-0.2, -0.15) is 12.6 Å². The van der Waals surface area contributed by atoms with Crippen molar-refractivity contribution in [2.45, 2.75) is 5.75 Å². The van der Waals surface area contributed by atoms with Crippen molar-refractivity contribution in [3.63, 3.8) is 0 Å². The Kier molecular flexibility index (Phi) is 2.44. The molecule has 0 aliphatic rings. The van der Waals surface area contributed by atoms with Gasteiger partial charge in [-0.1, -0.05) is 0 Å². The predicted octanol–water partition coefficient (Wildman–Crippen LogP) is 2.53. The maximum Gasteiger partial charge on any atom is 0.133 e. The topological polar surface area (TPSA) is 0 Å². The maximum absolute atomic E-state index is 12.6. The molecule has 0 nitrogen and oxygen atoms in total. The van der Waals surface area contributed by atoms with Crippen LogP contribution in [-0.4, -0.2) is 0 Å². The van der Waals surface area contributed by atoms with E-state index in [1.165, 1.54) is 0 Å². The lowest BCUT2D eigenvalue weighted by atomic mass is 10.2. The number of hydrogen-bond acceptors (Lipinski definition) is 1. The molecule has 0 saturated carbocycles. The van der Waals surface area contributed by atoms with Crippen LogP contribution in [0.2, 0.25) is 0 Å². The van der Waals surface area contributed by atoms with Crippen molar-refractivity contribution in [1.82, 2.24) is 0 Å². The highest BCUT2D eigenvalue weighted by Crippen LogP contribution is 2.15. The first-order chi connectivity index (χ1) is 5.15. The van der Waals surface area contributed by atoms with Crippen LogP contribution in [-0.2, 0) is 5.75 Å². The van der Waals surface area contributed by atoms with E-state index in [0.29, 0.717) is 12.1 Å². The summed E-state index contributed by atoms with van der Waals surface area (Å²) in [6, 6.07) is 1.27. The summed E-state index contributed by atoms with van der Waals surface area (Å²) >= 11 is 3.68. The second-order valence-electron chi connectivity index (χ2n) is 2.01. The molecule has 1 aromatic rings. The lowest BCUT2D eigenvalue weighted by molar-refractivity contribution is 0.531. The van der Waals surface area contributed by atoms with Crippen molar-refractivity contribution in [3.8, 4) is 0 Å². The SMILES string of the molecule is Fc1cc(F)c(CS)c(F)c1. The predicted molar refractivity (Wildman–Crippen MR) is 39.0 cm³/mol. The quantitative estimate of drug-likeness (QED) is 0.627. The van der Waals surface area contributed by atoms with E-state index >= 15 is 0 Å². The van der Waals surface area contributed by atoms with E-state index in [4.69, 9.17) is 0 Å². The Labute approximate surface area is 67.4 Å². The Morgan fingerprint density at radius 1 is 1.09 bits per heavy atom. The lowest BCUT2D eigenvalue weighted by Gasteiger charge is -1.99. The van der Waals surface area contributed by atoms with Gasteiger partial charge in [-0.3, -0.25) is 0 Å². The van der Waals surface area contributed by atoms with E-state index in [1.54, 1.807) is 0 Å². The van der Waals surface area contributed by atoms with Gasteiger partial charge in [0, 0.05) is 23.4 Å². The minimum atomic E-state index is -0.912. The average Bonchev–Trinajstić information content (AvgIpc) is 1.85. The van der Waals surface area contributed by atoms with Gasteiger partial charge < -0.3 is 0 Å². The number of hydrogen-bond donors (Lipinski definition) is 1. The zero-order chi connectivity index (χ0) is 8.43. The van der Waals surface area contributed by atoms with E-state index in [0.717, 1.165) is 0 Å². The Hall–Kier alpha value is -0.640. The van der Waals surface area contributed by atoms with Crippen molar-refractivity contribution in [3.05, 3.63) is 35.1 Å². The summed E-state index contributed by atoms with van der Waals surface area (Å²) in [5.41, 5.74) is -0.199. The molecule has 1 aromatic carbocycles. The molecule has 0 unspecified atom stereocenters. The summed E-state index contributed by atoms with van der Waals surface area (Å²) < 4.78 is 37.4. The standard InChI is InChI=1S/C7H5F3S/c8-4-1-6(9)5(3-11)7(10)2-4/h1-2,11H,3H2. The molecule has 0 spiro atoms. The third-order valence-corrected chi connectivity index (χ3v) is 1.58. The highest BCUT2D eigenvalue weighted by atomic mass is 32.1. The molecule has 0 heterocycles. The van der Waals surface area contributed by atoms with Crippen molar-refractivity contribution in [1.29, 1.82) is 0 Å². The largest absolute Gasteiger partial charge is 0.207 e. The van der Waals surface area contributed by atoms with Crippen LogP contribution < -0.4 is 0 Å².